The molecule has 7 nitrogen and oxygen atoms in total. The minimum Gasteiger partial charge on any atom is -0.449 e. The van der Waals surface area contributed by atoms with Gasteiger partial charge in [0, 0.05) is 24.6 Å². The van der Waals surface area contributed by atoms with Crippen LogP contribution in [0, 0.1) is 0 Å². The van der Waals surface area contributed by atoms with Crippen LogP contribution in [0.2, 0.25) is 0 Å². The Labute approximate surface area is 173 Å². The van der Waals surface area contributed by atoms with E-state index in [4.69, 9.17) is 9.15 Å². The van der Waals surface area contributed by atoms with Crippen molar-refractivity contribution < 1.29 is 18.7 Å². The van der Waals surface area contributed by atoms with E-state index in [1.54, 1.807) is 39.2 Å². The molecule has 0 saturated carbocycles. The molecule has 1 atom stereocenters. The Morgan fingerprint density at radius 2 is 1.76 bits per heavy atom. The zero-order valence-corrected chi connectivity index (χ0v) is 17.2. The van der Waals surface area contributed by atoms with Crippen molar-refractivity contribution in [3.63, 3.8) is 0 Å². The molecule has 0 fully saturated rings. The molecule has 29 heavy (non-hydrogen) atoms. The number of rotatable bonds is 7. The maximum Gasteiger partial charge on any atom is 0.340 e. The molecule has 0 aliphatic heterocycles. The third kappa shape index (κ3) is 5.23. The van der Waals surface area contributed by atoms with Gasteiger partial charge in [-0.2, -0.15) is 0 Å². The number of amides is 1. The van der Waals surface area contributed by atoms with Gasteiger partial charge in [-0.3, -0.25) is 4.79 Å². The van der Waals surface area contributed by atoms with Gasteiger partial charge in [0.25, 0.3) is 5.89 Å². The highest BCUT2D eigenvalue weighted by Crippen LogP contribution is 2.27. The first kappa shape index (κ1) is 20.6. The first-order chi connectivity index (χ1) is 14.0. The van der Waals surface area contributed by atoms with Crippen LogP contribution in [0.3, 0.4) is 0 Å². The quantitative estimate of drug-likeness (QED) is 0.431. The second-order valence-corrected chi connectivity index (χ2v) is 7.45. The van der Waals surface area contributed by atoms with Gasteiger partial charge in [-0.15, -0.1) is 22.0 Å². The van der Waals surface area contributed by atoms with E-state index in [2.05, 4.69) is 10.2 Å². The first-order valence-corrected chi connectivity index (χ1v) is 9.96. The molecule has 0 radical (unpaired) electrons. The summed E-state index contributed by atoms with van der Waals surface area (Å²) in [6, 6.07) is 16.4. The Balaban J connectivity index is 1.69. The maximum absolute atomic E-state index is 12.7. The lowest BCUT2D eigenvalue weighted by Gasteiger charge is -2.13. The van der Waals surface area contributed by atoms with Gasteiger partial charge >= 0.3 is 5.97 Å². The summed E-state index contributed by atoms with van der Waals surface area (Å²) in [6.07, 6.45) is -0.714. The number of carbonyl (C=O) groups is 2. The van der Waals surface area contributed by atoms with Gasteiger partial charge in [-0.1, -0.05) is 30.3 Å². The average Bonchev–Trinajstić information content (AvgIpc) is 3.23. The van der Waals surface area contributed by atoms with Crippen LogP contribution in [0.15, 0.2) is 63.9 Å². The van der Waals surface area contributed by atoms with E-state index in [-0.39, 0.29) is 17.6 Å². The van der Waals surface area contributed by atoms with Gasteiger partial charge in [0.05, 0.1) is 11.3 Å². The highest BCUT2D eigenvalue weighted by atomic mass is 32.2. The summed E-state index contributed by atoms with van der Waals surface area (Å²) in [4.78, 5) is 26.7. The van der Waals surface area contributed by atoms with Crippen LogP contribution in [-0.2, 0) is 9.53 Å². The monoisotopic (exact) mass is 411 g/mol. The molecule has 1 amide bonds. The molecule has 3 rings (SSSR count). The van der Waals surface area contributed by atoms with Crippen molar-refractivity contribution in [3.8, 4) is 11.5 Å². The number of hydrogen-bond acceptors (Lipinski definition) is 7. The minimum atomic E-state index is -0.714. The molecule has 1 heterocycles. The predicted octanol–water partition coefficient (Wildman–Crippen LogP) is 3.83. The topological polar surface area (TPSA) is 85.5 Å². The van der Waals surface area contributed by atoms with Crippen LogP contribution in [0.1, 0.15) is 29.3 Å². The molecule has 0 aliphatic rings. The predicted molar refractivity (Wildman–Crippen MR) is 109 cm³/mol. The summed E-state index contributed by atoms with van der Waals surface area (Å²) in [5, 5.41) is 8.01. The molecule has 0 saturated heterocycles. The zero-order valence-electron chi connectivity index (χ0n) is 16.4. The fourth-order valence-electron chi connectivity index (χ4n) is 2.40. The van der Waals surface area contributed by atoms with Gasteiger partial charge in [0.2, 0.25) is 11.8 Å². The molecular formula is C21H21N3O4S. The lowest BCUT2D eigenvalue weighted by molar-refractivity contribution is -0.125. The van der Waals surface area contributed by atoms with Crippen molar-refractivity contribution in [2.45, 2.75) is 17.9 Å². The first-order valence-electron chi connectivity index (χ1n) is 8.97. The van der Waals surface area contributed by atoms with Crippen molar-refractivity contribution in [2.75, 3.05) is 19.8 Å². The van der Waals surface area contributed by atoms with Gasteiger partial charge < -0.3 is 14.1 Å². The normalized spacial score (nSPS) is 11.7. The highest BCUT2D eigenvalue weighted by molar-refractivity contribution is 8.00. The second kappa shape index (κ2) is 9.38. The minimum absolute atomic E-state index is 0.0363. The standard InChI is InChI=1S/C21H21N3O4S/c1-14(19-22-23-20(28-19)15-9-5-4-6-10-15)27-21(26)16-11-7-8-12-17(16)29-13-18(25)24(2)3/h4-12,14H,13H2,1-3H3/t14-/m0/s1. The van der Waals surface area contributed by atoms with Crippen LogP contribution in [0.25, 0.3) is 11.5 Å². The number of thioether (sulfide) groups is 1. The van der Waals surface area contributed by atoms with E-state index in [9.17, 15) is 9.59 Å². The summed E-state index contributed by atoms with van der Waals surface area (Å²) < 4.78 is 11.2. The van der Waals surface area contributed by atoms with E-state index in [1.165, 1.54) is 16.7 Å². The molecule has 8 heteroatoms. The molecule has 0 aliphatic carbocycles. The van der Waals surface area contributed by atoms with Crippen LogP contribution < -0.4 is 0 Å². The number of aromatic nitrogens is 2. The smallest absolute Gasteiger partial charge is 0.340 e. The number of carbonyl (C=O) groups excluding carboxylic acids is 2. The Morgan fingerprint density at radius 3 is 2.48 bits per heavy atom. The second-order valence-electron chi connectivity index (χ2n) is 6.43. The molecule has 0 N–H and O–H groups in total. The largest absolute Gasteiger partial charge is 0.449 e. The number of hydrogen-bond donors (Lipinski definition) is 0. The van der Waals surface area contributed by atoms with Gasteiger partial charge in [0.15, 0.2) is 6.10 Å². The molecule has 1 aromatic heterocycles. The Kier molecular flexibility index (Phi) is 6.66. The Bertz CT molecular complexity index is 988. The van der Waals surface area contributed by atoms with E-state index < -0.39 is 12.1 Å². The molecule has 0 spiro atoms. The number of nitrogens with zero attached hydrogens (tertiary/aromatic N) is 3. The van der Waals surface area contributed by atoms with Crippen molar-refractivity contribution >= 4 is 23.6 Å². The fraction of sp³-hybridized carbons (Fsp3) is 0.238. The molecular weight excluding hydrogens is 390 g/mol. The van der Waals surface area contributed by atoms with E-state index in [0.29, 0.717) is 16.3 Å². The lowest BCUT2D eigenvalue weighted by Crippen LogP contribution is -2.23. The van der Waals surface area contributed by atoms with Crippen molar-refractivity contribution in [1.82, 2.24) is 15.1 Å². The van der Waals surface area contributed by atoms with Crippen molar-refractivity contribution in [3.05, 3.63) is 66.1 Å². The molecule has 0 bridgehead atoms. The summed E-state index contributed by atoms with van der Waals surface area (Å²) in [5.41, 5.74) is 1.18. The third-order valence-electron chi connectivity index (χ3n) is 4.05. The van der Waals surface area contributed by atoms with Crippen LogP contribution >= 0.6 is 11.8 Å². The van der Waals surface area contributed by atoms with Crippen LogP contribution in [-0.4, -0.2) is 46.8 Å². The summed E-state index contributed by atoms with van der Waals surface area (Å²) in [6.45, 7) is 1.67. The van der Waals surface area contributed by atoms with Crippen molar-refractivity contribution in [1.29, 1.82) is 0 Å². The Hall–Kier alpha value is -3.13. The molecule has 2 aromatic carbocycles. The molecule has 3 aromatic rings. The highest BCUT2D eigenvalue weighted by Gasteiger charge is 2.22. The lowest BCUT2D eigenvalue weighted by atomic mass is 10.2. The van der Waals surface area contributed by atoms with Gasteiger partial charge in [-0.25, -0.2) is 4.79 Å². The summed E-state index contributed by atoms with van der Waals surface area (Å²) in [7, 11) is 3.39. The van der Waals surface area contributed by atoms with Crippen molar-refractivity contribution in [2.24, 2.45) is 0 Å². The molecule has 150 valence electrons. The van der Waals surface area contributed by atoms with Crippen LogP contribution in [0.5, 0.6) is 0 Å². The third-order valence-corrected chi connectivity index (χ3v) is 5.11. The summed E-state index contributed by atoms with van der Waals surface area (Å²) >= 11 is 1.29. The number of ether oxygens (including phenoxy) is 1. The SMILES string of the molecule is C[C@H](OC(=O)c1ccccc1SCC(=O)N(C)C)c1nnc(-c2ccccc2)o1. The molecule has 0 unspecified atom stereocenters. The van der Waals surface area contributed by atoms with E-state index in [0.717, 1.165) is 5.56 Å². The van der Waals surface area contributed by atoms with Gasteiger partial charge in [0.1, 0.15) is 0 Å². The number of benzene rings is 2. The maximum atomic E-state index is 12.7. The van der Waals surface area contributed by atoms with E-state index >= 15 is 0 Å². The number of esters is 1. The Morgan fingerprint density at radius 1 is 1.07 bits per heavy atom. The van der Waals surface area contributed by atoms with E-state index in [1.807, 2.05) is 36.4 Å². The van der Waals surface area contributed by atoms with Gasteiger partial charge in [-0.05, 0) is 31.2 Å². The van der Waals surface area contributed by atoms with Crippen LogP contribution in [0.4, 0.5) is 0 Å². The average molecular weight is 411 g/mol. The summed E-state index contributed by atoms with van der Waals surface area (Å²) in [5.74, 6) is 0.256. The fourth-order valence-corrected chi connectivity index (χ4v) is 3.42. The zero-order chi connectivity index (χ0) is 20.8.